The predicted octanol–water partition coefficient (Wildman–Crippen LogP) is 7.71. The number of ether oxygens (including phenoxy) is 2. The van der Waals surface area contributed by atoms with Crippen LogP contribution in [0.2, 0.25) is 5.02 Å². The van der Waals surface area contributed by atoms with Crippen LogP contribution in [0, 0.1) is 6.92 Å². The molecule has 5 rings (SSSR count). The number of para-hydroxylation sites is 1. The maximum atomic E-state index is 13.9. The summed E-state index contributed by atoms with van der Waals surface area (Å²) >= 11 is 6.34. The molecule has 224 valence electrons. The molecule has 0 amide bonds. The number of hydrogen-bond donors (Lipinski definition) is 1. The molecule has 0 atom stereocenters. The first kappa shape index (κ1) is 30.5. The number of rotatable bonds is 10. The number of carbonyl (C=O) groups is 1. The molecule has 0 bridgehead atoms. The zero-order valence-corrected chi connectivity index (χ0v) is 25.6. The van der Waals surface area contributed by atoms with E-state index in [4.69, 9.17) is 31.2 Å². The van der Waals surface area contributed by atoms with Gasteiger partial charge in [-0.2, -0.15) is 9.78 Å². The van der Waals surface area contributed by atoms with Crippen molar-refractivity contribution in [2.45, 2.75) is 40.2 Å². The van der Waals surface area contributed by atoms with Crippen molar-refractivity contribution in [2.75, 3.05) is 6.61 Å². The third-order valence-electron chi connectivity index (χ3n) is 7.15. The molecule has 1 N–H and O–H groups in total. The number of hydrogen-bond acceptors (Lipinski definition) is 6. The summed E-state index contributed by atoms with van der Waals surface area (Å²) in [4.78, 5) is 29.9. The lowest BCUT2D eigenvalue weighted by molar-refractivity contribution is 0.0697. The van der Waals surface area contributed by atoms with Gasteiger partial charge in [0.05, 0.1) is 29.3 Å². The van der Waals surface area contributed by atoms with Gasteiger partial charge in [0.1, 0.15) is 18.1 Å². The molecule has 0 aliphatic heterocycles. The summed E-state index contributed by atoms with van der Waals surface area (Å²) in [7, 11) is 0. The standard InChI is InChI=1S/C35H32ClN3O5/c1-5-43-32-16-22(4)29(18-28(32)21(2)3)33-38-30-9-7-6-8-27(30)34(40)39(33)37-19-25-17-26(36)14-15-31(25)44-20-23-10-12-24(13-11-23)35(41)42/h6-19,21H,5,20H2,1-4H3,(H,41,42). The van der Waals surface area contributed by atoms with Crippen molar-refractivity contribution in [1.82, 2.24) is 9.66 Å². The first-order chi connectivity index (χ1) is 21.2. The van der Waals surface area contributed by atoms with E-state index >= 15 is 0 Å². The predicted molar refractivity (Wildman–Crippen MR) is 174 cm³/mol. The number of nitrogens with zero attached hydrogens (tertiary/aromatic N) is 3. The molecule has 9 heteroatoms. The Morgan fingerprint density at radius 3 is 2.48 bits per heavy atom. The highest BCUT2D eigenvalue weighted by atomic mass is 35.5. The fourth-order valence-corrected chi connectivity index (χ4v) is 5.03. The number of carboxylic acid groups (broad SMARTS) is 1. The first-order valence-electron chi connectivity index (χ1n) is 14.2. The second-order valence-electron chi connectivity index (χ2n) is 10.6. The molecular formula is C35H32ClN3O5. The summed E-state index contributed by atoms with van der Waals surface area (Å²) in [6.45, 7) is 8.83. The maximum Gasteiger partial charge on any atom is 0.335 e. The highest BCUT2D eigenvalue weighted by molar-refractivity contribution is 6.30. The summed E-state index contributed by atoms with van der Waals surface area (Å²) in [5.41, 5.74) is 4.46. The van der Waals surface area contributed by atoms with E-state index in [0.717, 1.165) is 28.0 Å². The molecule has 0 saturated carbocycles. The summed E-state index contributed by atoms with van der Waals surface area (Å²) in [6, 6.07) is 22.8. The second-order valence-corrected chi connectivity index (χ2v) is 11.0. The summed E-state index contributed by atoms with van der Waals surface area (Å²) in [6.07, 6.45) is 1.53. The summed E-state index contributed by atoms with van der Waals surface area (Å²) < 4.78 is 13.3. The zero-order valence-electron chi connectivity index (χ0n) is 24.9. The zero-order chi connectivity index (χ0) is 31.4. The Balaban J connectivity index is 1.59. The van der Waals surface area contributed by atoms with Crippen molar-refractivity contribution in [1.29, 1.82) is 0 Å². The normalized spacial score (nSPS) is 11.4. The van der Waals surface area contributed by atoms with Gasteiger partial charge in [-0.1, -0.05) is 49.7 Å². The van der Waals surface area contributed by atoms with Gasteiger partial charge in [0.2, 0.25) is 0 Å². The molecule has 0 aliphatic rings. The fraction of sp³-hybridized carbons (Fsp3) is 0.200. The lowest BCUT2D eigenvalue weighted by atomic mass is 9.96. The van der Waals surface area contributed by atoms with Gasteiger partial charge in [-0.25, -0.2) is 9.78 Å². The van der Waals surface area contributed by atoms with E-state index in [2.05, 4.69) is 18.9 Å². The topological polar surface area (TPSA) is 103 Å². The molecule has 0 radical (unpaired) electrons. The van der Waals surface area contributed by atoms with E-state index < -0.39 is 5.97 Å². The highest BCUT2D eigenvalue weighted by Crippen LogP contribution is 2.34. The Morgan fingerprint density at radius 1 is 1.02 bits per heavy atom. The van der Waals surface area contributed by atoms with Crippen LogP contribution < -0.4 is 15.0 Å². The lowest BCUT2D eigenvalue weighted by Gasteiger charge is -2.18. The van der Waals surface area contributed by atoms with E-state index in [1.807, 2.05) is 38.1 Å². The Kier molecular flexibility index (Phi) is 9.11. The summed E-state index contributed by atoms with van der Waals surface area (Å²) in [5.74, 6) is 0.873. The lowest BCUT2D eigenvalue weighted by Crippen LogP contribution is -2.21. The molecule has 0 spiro atoms. The van der Waals surface area contributed by atoms with Crippen molar-refractivity contribution < 1.29 is 19.4 Å². The van der Waals surface area contributed by atoms with Crippen molar-refractivity contribution in [3.05, 3.63) is 122 Å². The Morgan fingerprint density at radius 2 is 1.77 bits per heavy atom. The molecule has 0 fully saturated rings. The molecule has 4 aromatic carbocycles. The minimum Gasteiger partial charge on any atom is -0.494 e. The number of carboxylic acids is 1. The van der Waals surface area contributed by atoms with Gasteiger partial charge in [0.25, 0.3) is 5.56 Å². The van der Waals surface area contributed by atoms with Crippen LogP contribution >= 0.6 is 11.6 Å². The maximum absolute atomic E-state index is 13.9. The number of aromatic carboxylic acids is 1. The average molecular weight is 610 g/mol. The van der Waals surface area contributed by atoms with E-state index in [-0.39, 0.29) is 23.6 Å². The van der Waals surface area contributed by atoms with Crippen LogP contribution in [0.5, 0.6) is 11.5 Å². The van der Waals surface area contributed by atoms with Crippen molar-refractivity contribution in [2.24, 2.45) is 5.10 Å². The van der Waals surface area contributed by atoms with Crippen LogP contribution in [0.1, 0.15) is 59.3 Å². The molecular weight excluding hydrogens is 578 g/mol. The fourth-order valence-electron chi connectivity index (χ4n) is 4.85. The van der Waals surface area contributed by atoms with Gasteiger partial charge >= 0.3 is 5.97 Å². The quantitative estimate of drug-likeness (QED) is 0.163. The molecule has 0 unspecified atom stereocenters. The van der Waals surface area contributed by atoms with Crippen LogP contribution in [0.4, 0.5) is 0 Å². The Labute approximate surface area is 260 Å². The van der Waals surface area contributed by atoms with E-state index in [9.17, 15) is 9.59 Å². The van der Waals surface area contributed by atoms with Crippen molar-refractivity contribution >= 4 is 34.7 Å². The third-order valence-corrected chi connectivity index (χ3v) is 7.39. The highest BCUT2D eigenvalue weighted by Gasteiger charge is 2.19. The van der Waals surface area contributed by atoms with Gasteiger partial charge in [-0.3, -0.25) is 4.79 Å². The Hall–Kier alpha value is -4.95. The molecule has 8 nitrogen and oxygen atoms in total. The summed E-state index contributed by atoms with van der Waals surface area (Å²) in [5, 5.41) is 14.7. The smallest absolute Gasteiger partial charge is 0.335 e. The molecule has 44 heavy (non-hydrogen) atoms. The van der Waals surface area contributed by atoms with Gasteiger partial charge < -0.3 is 14.6 Å². The number of fused-ring (bicyclic) bond motifs is 1. The minimum absolute atomic E-state index is 0.173. The monoisotopic (exact) mass is 609 g/mol. The van der Waals surface area contributed by atoms with Crippen molar-refractivity contribution in [3.63, 3.8) is 0 Å². The molecule has 0 aliphatic carbocycles. The first-order valence-corrected chi connectivity index (χ1v) is 14.6. The molecule has 0 saturated heterocycles. The van der Waals surface area contributed by atoms with Gasteiger partial charge in [0, 0.05) is 16.1 Å². The third kappa shape index (κ3) is 6.50. The van der Waals surface area contributed by atoms with Crippen LogP contribution in [-0.2, 0) is 6.61 Å². The van der Waals surface area contributed by atoms with Crippen LogP contribution in [0.15, 0.2) is 88.8 Å². The Bertz CT molecular complexity index is 1930. The number of aromatic nitrogens is 2. The van der Waals surface area contributed by atoms with Gasteiger partial charge in [0.15, 0.2) is 5.82 Å². The number of benzene rings is 4. The van der Waals surface area contributed by atoms with E-state index in [0.29, 0.717) is 39.7 Å². The molecule has 5 aromatic rings. The van der Waals surface area contributed by atoms with E-state index in [1.54, 1.807) is 42.5 Å². The average Bonchev–Trinajstić information content (AvgIpc) is 3.00. The number of halogens is 1. The minimum atomic E-state index is -0.993. The van der Waals surface area contributed by atoms with Crippen LogP contribution in [-0.4, -0.2) is 33.6 Å². The second kappa shape index (κ2) is 13.1. The van der Waals surface area contributed by atoms with Crippen LogP contribution in [0.25, 0.3) is 22.3 Å². The van der Waals surface area contributed by atoms with Gasteiger partial charge in [-0.05, 0) is 91.1 Å². The van der Waals surface area contributed by atoms with Crippen LogP contribution in [0.3, 0.4) is 0 Å². The number of aryl methyl sites for hydroxylation is 1. The molecule has 1 aromatic heterocycles. The van der Waals surface area contributed by atoms with E-state index in [1.165, 1.54) is 23.0 Å². The van der Waals surface area contributed by atoms with Crippen molar-refractivity contribution in [3.8, 4) is 22.9 Å². The SMILES string of the molecule is CCOc1cc(C)c(-c2nc3ccccc3c(=O)n2N=Cc2cc(Cl)ccc2OCc2ccc(C(=O)O)cc2)cc1C(C)C. The largest absolute Gasteiger partial charge is 0.494 e. The van der Waals surface area contributed by atoms with Gasteiger partial charge in [-0.15, -0.1) is 0 Å². The molecule has 1 heterocycles.